The van der Waals surface area contributed by atoms with Crippen LogP contribution in [0.25, 0.3) is 0 Å². The Balaban J connectivity index is 3.04. The quantitative estimate of drug-likeness (QED) is 0.476. The highest BCUT2D eigenvalue weighted by Crippen LogP contribution is 2.41. The Morgan fingerprint density at radius 1 is 0.846 bits per heavy atom. The maximum Gasteiger partial charge on any atom is 0.123 e. The smallest absolute Gasteiger partial charge is 0.123 e. The molecule has 2 nitrogen and oxygen atoms in total. The van der Waals surface area contributed by atoms with Crippen molar-refractivity contribution in [2.45, 2.75) is 110 Å². The van der Waals surface area contributed by atoms with E-state index in [0.717, 1.165) is 17.5 Å². The van der Waals surface area contributed by atoms with Crippen LogP contribution in [-0.4, -0.2) is 11.7 Å². The molecule has 0 amide bonds. The largest absolute Gasteiger partial charge is 0.507 e. The SMILES string of the molecule is CCCCCCCCC(CN)c1cc(C(C)(C)C)c(O)c(C(C)(C)C)c1. The predicted molar refractivity (Wildman–Crippen MR) is 115 cm³/mol. The fraction of sp³-hybridized carbons (Fsp3) is 0.750. The molecule has 1 unspecified atom stereocenters. The van der Waals surface area contributed by atoms with Crippen LogP contribution in [0.4, 0.5) is 0 Å². The third-order valence-electron chi connectivity index (χ3n) is 5.41. The third-order valence-corrected chi connectivity index (χ3v) is 5.41. The van der Waals surface area contributed by atoms with Gasteiger partial charge in [0.25, 0.3) is 0 Å². The maximum absolute atomic E-state index is 10.9. The van der Waals surface area contributed by atoms with E-state index in [4.69, 9.17) is 5.73 Å². The molecule has 0 saturated carbocycles. The maximum atomic E-state index is 10.9. The van der Waals surface area contributed by atoms with Gasteiger partial charge in [0, 0.05) is 0 Å². The average molecular weight is 362 g/mol. The van der Waals surface area contributed by atoms with Gasteiger partial charge in [0.05, 0.1) is 0 Å². The van der Waals surface area contributed by atoms with Crippen molar-refractivity contribution >= 4 is 0 Å². The number of hydrogen-bond acceptors (Lipinski definition) is 2. The summed E-state index contributed by atoms with van der Waals surface area (Å²) in [5.41, 5.74) is 9.38. The molecule has 1 atom stereocenters. The van der Waals surface area contributed by atoms with Crippen LogP contribution in [0.15, 0.2) is 12.1 Å². The van der Waals surface area contributed by atoms with E-state index in [1.807, 2.05) is 0 Å². The van der Waals surface area contributed by atoms with Gasteiger partial charge in [-0.05, 0) is 46.4 Å². The molecule has 0 heterocycles. The van der Waals surface area contributed by atoms with Crippen molar-refractivity contribution < 1.29 is 5.11 Å². The second-order valence-corrected chi connectivity index (χ2v) is 9.95. The summed E-state index contributed by atoms with van der Waals surface area (Å²) in [6.07, 6.45) is 9.01. The van der Waals surface area contributed by atoms with E-state index in [1.165, 1.54) is 44.1 Å². The van der Waals surface area contributed by atoms with Crippen molar-refractivity contribution in [1.29, 1.82) is 0 Å². The normalized spacial score (nSPS) is 13.8. The molecule has 26 heavy (non-hydrogen) atoms. The van der Waals surface area contributed by atoms with E-state index in [1.54, 1.807) is 0 Å². The van der Waals surface area contributed by atoms with Crippen molar-refractivity contribution in [1.82, 2.24) is 0 Å². The highest BCUT2D eigenvalue weighted by Gasteiger charge is 2.27. The summed E-state index contributed by atoms with van der Waals surface area (Å²) in [5, 5.41) is 10.9. The summed E-state index contributed by atoms with van der Waals surface area (Å²) in [6.45, 7) is 16.0. The number of rotatable bonds is 9. The molecule has 1 aromatic carbocycles. The van der Waals surface area contributed by atoms with Crippen molar-refractivity contribution in [3.63, 3.8) is 0 Å². The van der Waals surface area contributed by atoms with Gasteiger partial charge in [0.2, 0.25) is 0 Å². The zero-order valence-electron chi connectivity index (χ0n) is 18.4. The minimum atomic E-state index is -0.0839. The van der Waals surface area contributed by atoms with Gasteiger partial charge in [-0.3, -0.25) is 0 Å². The molecular weight excluding hydrogens is 318 g/mol. The van der Waals surface area contributed by atoms with Crippen LogP contribution in [0.5, 0.6) is 5.75 Å². The minimum Gasteiger partial charge on any atom is -0.507 e. The molecule has 0 fully saturated rings. The van der Waals surface area contributed by atoms with Crippen molar-refractivity contribution in [3.05, 3.63) is 28.8 Å². The van der Waals surface area contributed by atoms with Crippen LogP contribution in [0, 0.1) is 0 Å². The fourth-order valence-electron chi connectivity index (χ4n) is 3.63. The van der Waals surface area contributed by atoms with Crippen molar-refractivity contribution in [2.24, 2.45) is 5.73 Å². The first kappa shape index (κ1) is 23.0. The fourth-order valence-corrected chi connectivity index (χ4v) is 3.63. The number of hydrogen-bond donors (Lipinski definition) is 2. The van der Waals surface area contributed by atoms with E-state index in [0.29, 0.717) is 18.2 Å². The zero-order chi connectivity index (χ0) is 20.0. The lowest BCUT2D eigenvalue weighted by Gasteiger charge is -2.30. The lowest BCUT2D eigenvalue weighted by atomic mass is 9.76. The summed E-state index contributed by atoms with van der Waals surface area (Å²) in [7, 11) is 0. The molecule has 0 aliphatic heterocycles. The predicted octanol–water partition coefficient (Wildman–Crippen LogP) is 6.78. The Morgan fingerprint density at radius 3 is 1.73 bits per heavy atom. The second-order valence-electron chi connectivity index (χ2n) is 9.95. The standard InChI is InChI=1S/C24H43NO/c1-8-9-10-11-12-13-14-18(17-25)19-15-20(23(2,3)4)22(26)21(16-19)24(5,6)7/h15-16,18,26H,8-14,17,25H2,1-7H3. The highest BCUT2D eigenvalue weighted by molar-refractivity contribution is 5.50. The molecule has 0 saturated heterocycles. The first-order valence-corrected chi connectivity index (χ1v) is 10.6. The van der Waals surface area contributed by atoms with Crippen LogP contribution < -0.4 is 5.73 Å². The Hall–Kier alpha value is -1.02. The summed E-state index contributed by atoms with van der Waals surface area (Å²) in [6, 6.07) is 4.42. The van der Waals surface area contributed by atoms with Crippen LogP contribution in [0.2, 0.25) is 0 Å². The first-order valence-electron chi connectivity index (χ1n) is 10.6. The number of nitrogens with two attached hydrogens (primary N) is 1. The molecule has 3 N–H and O–H groups in total. The summed E-state index contributed by atoms with van der Waals surface area (Å²) in [4.78, 5) is 0. The van der Waals surface area contributed by atoms with E-state index >= 15 is 0 Å². The van der Waals surface area contributed by atoms with Crippen LogP contribution in [-0.2, 0) is 10.8 Å². The molecule has 0 radical (unpaired) electrons. The molecule has 1 aromatic rings. The molecule has 0 aliphatic rings. The van der Waals surface area contributed by atoms with E-state index in [-0.39, 0.29) is 10.8 Å². The van der Waals surface area contributed by atoms with Gasteiger partial charge in [-0.15, -0.1) is 0 Å². The minimum absolute atomic E-state index is 0.0839. The molecule has 150 valence electrons. The van der Waals surface area contributed by atoms with Crippen molar-refractivity contribution in [3.8, 4) is 5.75 Å². The van der Waals surface area contributed by atoms with Gasteiger partial charge >= 0.3 is 0 Å². The van der Waals surface area contributed by atoms with Gasteiger partial charge in [0.1, 0.15) is 5.75 Å². The molecule has 2 heteroatoms. The number of phenolic OH excluding ortho intramolecular Hbond substituents is 1. The van der Waals surface area contributed by atoms with Gasteiger partial charge in [0.15, 0.2) is 0 Å². The summed E-state index contributed by atoms with van der Waals surface area (Å²) in [5.74, 6) is 0.841. The van der Waals surface area contributed by atoms with Crippen LogP contribution >= 0.6 is 0 Å². The molecule has 0 bridgehead atoms. The first-order chi connectivity index (χ1) is 12.0. The summed E-state index contributed by atoms with van der Waals surface area (Å²) >= 11 is 0. The lowest BCUT2D eigenvalue weighted by Crippen LogP contribution is -2.20. The van der Waals surface area contributed by atoms with Crippen LogP contribution in [0.1, 0.15) is 116 Å². The highest BCUT2D eigenvalue weighted by atomic mass is 16.3. The number of benzene rings is 1. The van der Waals surface area contributed by atoms with Crippen molar-refractivity contribution in [2.75, 3.05) is 6.54 Å². The van der Waals surface area contributed by atoms with E-state index in [2.05, 4.69) is 60.6 Å². The monoisotopic (exact) mass is 361 g/mol. The van der Waals surface area contributed by atoms with E-state index in [9.17, 15) is 5.11 Å². The summed E-state index contributed by atoms with van der Waals surface area (Å²) < 4.78 is 0. The molecule has 0 spiro atoms. The van der Waals surface area contributed by atoms with Gasteiger partial charge in [-0.1, -0.05) is 99.1 Å². The molecule has 1 rings (SSSR count). The van der Waals surface area contributed by atoms with Crippen LogP contribution in [0.3, 0.4) is 0 Å². The Kier molecular flexibility index (Phi) is 8.66. The molecular formula is C24H43NO. The Morgan fingerprint density at radius 2 is 1.31 bits per heavy atom. The topological polar surface area (TPSA) is 46.2 Å². The zero-order valence-corrected chi connectivity index (χ0v) is 18.4. The van der Waals surface area contributed by atoms with Gasteiger partial charge < -0.3 is 10.8 Å². The second kappa shape index (κ2) is 9.78. The number of unbranched alkanes of at least 4 members (excludes halogenated alkanes) is 5. The Labute approximate surface area is 162 Å². The number of phenols is 1. The average Bonchev–Trinajstić information content (AvgIpc) is 2.52. The van der Waals surface area contributed by atoms with Gasteiger partial charge in [-0.25, -0.2) is 0 Å². The van der Waals surface area contributed by atoms with Gasteiger partial charge in [-0.2, -0.15) is 0 Å². The Bertz CT molecular complexity index is 513. The molecule has 0 aliphatic carbocycles. The number of aromatic hydroxyl groups is 1. The lowest BCUT2D eigenvalue weighted by molar-refractivity contribution is 0.421. The third kappa shape index (κ3) is 6.61. The van der Waals surface area contributed by atoms with E-state index < -0.39 is 0 Å². The molecule has 0 aromatic heterocycles.